The minimum Gasteiger partial charge on any atom is -0.459 e. The first-order valence-electron chi connectivity index (χ1n) is 17.7. The van der Waals surface area contributed by atoms with Crippen molar-refractivity contribution in [1.82, 2.24) is 14.5 Å². The molecule has 0 radical (unpaired) electrons. The Morgan fingerprint density at radius 3 is 2.25 bits per heavy atom. The Kier molecular flexibility index (Phi) is 14.4. The highest BCUT2D eigenvalue weighted by Crippen LogP contribution is 2.40. The molecule has 1 aromatic rings. The second-order valence-corrected chi connectivity index (χ2v) is 15.0. The fourth-order valence-corrected chi connectivity index (χ4v) is 7.63. The van der Waals surface area contributed by atoms with Gasteiger partial charge in [-0.3, -0.25) is 14.4 Å². The van der Waals surface area contributed by atoms with Gasteiger partial charge in [-0.15, -0.1) is 0 Å². The molecular formula is C36H59N3O12. The number of aliphatic hydroxyl groups excluding tert-OH is 1. The lowest BCUT2D eigenvalue weighted by Crippen LogP contribution is -2.61. The number of aromatic nitrogens is 2. The number of ether oxygens (including phenoxy) is 6. The lowest BCUT2D eigenvalue weighted by Gasteiger charge is -2.49. The van der Waals surface area contributed by atoms with Crippen LogP contribution in [0.5, 0.6) is 0 Å². The van der Waals surface area contributed by atoms with Crippen molar-refractivity contribution in [3.8, 4) is 0 Å². The van der Waals surface area contributed by atoms with Crippen molar-refractivity contribution in [1.29, 1.82) is 0 Å². The van der Waals surface area contributed by atoms with Crippen molar-refractivity contribution >= 4 is 23.8 Å². The van der Waals surface area contributed by atoms with E-state index in [1.165, 1.54) is 53.5 Å². The van der Waals surface area contributed by atoms with Crippen LogP contribution >= 0.6 is 0 Å². The van der Waals surface area contributed by atoms with E-state index in [1.807, 2.05) is 25.9 Å². The second-order valence-electron chi connectivity index (χ2n) is 15.0. The standard InChI is InChI=1S/C36H59N3O12/c1-13-26-36(9,45)30(42)21(4)27(41)19(2)17-35(8,46-12)31(51-33-29(48-24(7)40)25(38(10)11)16-20(3)47-33)22(5)28(23(6)32(43)49-26)50-34(44)39-15-14-37-18-39/h14-15,18-23,25-26,28-31,33,42,45H,13,16-17H2,1-12H3/t19-,20-,21+,22+,23-,25+,26-,28+,29-,30-,31-,33+,35-,36-/m1/s1. The Morgan fingerprint density at radius 1 is 1.08 bits per heavy atom. The zero-order valence-electron chi connectivity index (χ0n) is 32.1. The van der Waals surface area contributed by atoms with E-state index < -0.39 is 89.7 Å². The molecule has 2 saturated heterocycles. The number of hydrogen-bond acceptors (Lipinski definition) is 14. The number of esters is 2. The van der Waals surface area contributed by atoms with E-state index >= 15 is 0 Å². The molecular weight excluding hydrogens is 666 g/mol. The number of hydrogen-bond donors (Lipinski definition) is 2. The first kappa shape index (κ1) is 42.5. The molecule has 0 amide bonds. The number of cyclic esters (lactones) is 1. The molecule has 0 aromatic carbocycles. The monoisotopic (exact) mass is 725 g/mol. The van der Waals surface area contributed by atoms with E-state index in [4.69, 9.17) is 28.4 Å². The average molecular weight is 726 g/mol. The first-order valence-corrected chi connectivity index (χ1v) is 17.7. The van der Waals surface area contributed by atoms with Crippen molar-refractivity contribution in [3.05, 3.63) is 18.7 Å². The zero-order valence-corrected chi connectivity index (χ0v) is 32.1. The number of imidazole rings is 1. The smallest absolute Gasteiger partial charge is 0.419 e. The van der Waals surface area contributed by atoms with Crippen molar-refractivity contribution in [3.63, 3.8) is 0 Å². The van der Waals surface area contributed by atoms with Crippen LogP contribution in [0, 0.1) is 23.7 Å². The number of ketones is 1. The molecule has 15 heteroatoms. The Labute approximate surface area is 301 Å². The van der Waals surface area contributed by atoms with E-state index in [0.29, 0.717) is 6.42 Å². The SMILES string of the molecule is CC[C@H]1OC(=O)[C@H](C)[C@@H](OC(=O)n2ccnc2)[C@H](C)[C@@H](O[C@@H]2O[C@H](C)C[C@H](N(C)C)[C@H]2OC(C)=O)[C@](C)(OC)C[C@@H](C)C(=O)[C@H](C)[C@@H](O)[C@]1(C)O. The summed E-state index contributed by atoms with van der Waals surface area (Å²) < 4.78 is 38.2. The Morgan fingerprint density at radius 2 is 1.73 bits per heavy atom. The molecule has 0 bridgehead atoms. The molecule has 2 N–H and O–H groups in total. The third-order valence-corrected chi connectivity index (χ3v) is 10.7. The molecule has 0 aliphatic carbocycles. The number of carbonyl (C=O) groups is 4. The van der Waals surface area contributed by atoms with E-state index in [-0.39, 0.29) is 30.8 Å². The van der Waals surface area contributed by atoms with E-state index in [0.717, 1.165) is 4.57 Å². The van der Waals surface area contributed by atoms with Crippen LogP contribution in [0.15, 0.2) is 18.7 Å². The maximum atomic E-state index is 14.0. The Hall–Kier alpha value is -2.95. The molecule has 3 rings (SSSR count). The summed E-state index contributed by atoms with van der Waals surface area (Å²) in [5.41, 5.74) is -3.34. The Balaban J connectivity index is 2.25. The maximum absolute atomic E-state index is 14.0. The molecule has 1 aromatic heterocycles. The first-order chi connectivity index (χ1) is 23.7. The topological polar surface area (TPSA) is 185 Å². The van der Waals surface area contributed by atoms with Gasteiger partial charge in [0.2, 0.25) is 0 Å². The van der Waals surface area contributed by atoms with Crippen LogP contribution < -0.4 is 0 Å². The van der Waals surface area contributed by atoms with Crippen molar-refractivity contribution in [2.24, 2.45) is 23.7 Å². The Bertz CT molecular complexity index is 1340. The molecule has 2 aliphatic heterocycles. The molecule has 15 nitrogen and oxygen atoms in total. The predicted molar refractivity (Wildman–Crippen MR) is 183 cm³/mol. The van der Waals surface area contributed by atoms with Gasteiger partial charge in [-0.05, 0) is 61.1 Å². The normalized spacial score (nSPS) is 40.3. The third-order valence-electron chi connectivity index (χ3n) is 10.7. The zero-order chi connectivity index (χ0) is 38.6. The predicted octanol–water partition coefficient (Wildman–Crippen LogP) is 2.97. The average Bonchev–Trinajstić information content (AvgIpc) is 3.62. The minimum absolute atomic E-state index is 0.0480. The summed E-state index contributed by atoms with van der Waals surface area (Å²) in [6.07, 6.45) is -3.53. The molecule has 0 spiro atoms. The number of methoxy groups -OCH3 is 1. The van der Waals surface area contributed by atoms with Crippen LogP contribution in [0.3, 0.4) is 0 Å². The largest absolute Gasteiger partial charge is 0.459 e. The van der Waals surface area contributed by atoms with Gasteiger partial charge in [0.15, 0.2) is 12.4 Å². The van der Waals surface area contributed by atoms with E-state index in [2.05, 4.69) is 4.98 Å². The van der Waals surface area contributed by atoms with Crippen LogP contribution in [0.25, 0.3) is 0 Å². The van der Waals surface area contributed by atoms with E-state index in [9.17, 15) is 29.4 Å². The van der Waals surface area contributed by atoms with Crippen LogP contribution in [0.2, 0.25) is 0 Å². The van der Waals surface area contributed by atoms with Crippen LogP contribution in [-0.4, -0.2) is 130 Å². The van der Waals surface area contributed by atoms with Crippen molar-refractivity contribution in [2.75, 3.05) is 21.2 Å². The summed E-state index contributed by atoms with van der Waals surface area (Å²) in [6, 6.07) is -0.296. The highest BCUT2D eigenvalue weighted by atomic mass is 16.7. The van der Waals surface area contributed by atoms with Gasteiger partial charge in [-0.2, -0.15) is 0 Å². The second kappa shape index (κ2) is 17.3. The molecule has 290 valence electrons. The molecule has 2 aliphatic rings. The highest BCUT2D eigenvalue weighted by molar-refractivity contribution is 5.83. The lowest BCUT2D eigenvalue weighted by molar-refractivity contribution is -0.303. The summed E-state index contributed by atoms with van der Waals surface area (Å²) in [4.78, 5) is 59.6. The summed E-state index contributed by atoms with van der Waals surface area (Å²) >= 11 is 0. The molecule has 3 heterocycles. The molecule has 2 fully saturated rings. The number of likely N-dealkylation sites (N-methyl/N-ethyl adjacent to an activating group) is 1. The number of rotatable bonds is 7. The van der Waals surface area contributed by atoms with Crippen molar-refractivity contribution < 1.29 is 57.8 Å². The summed E-state index contributed by atoms with van der Waals surface area (Å²) in [6.45, 7) is 14.4. The summed E-state index contributed by atoms with van der Waals surface area (Å²) in [5.74, 6) is -5.53. The number of nitrogens with zero attached hydrogens (tertiary/aromatic N) is 3. The molecule has 14 atom stereocenters. The van der Waals surface area contributed by atoms with Crippen LogP contribution in [-0.2, 0) is 42.8 Å². The fourth-order valence-electron chi connectivity index (χ4n) is 7.63. The molecule has 0 saturated carbocycles. The van der Waals surface area contributed by atoms with Gasteiger partial charge in [0.25, 0.3) is 0 Å². The summed E-state index contributed by atoms with van der Waals surface area (Å²) in [5, 5.41) is 22.9. The lowest BCUT2D eigenvalue weighted by atomic mass is 9.74. The van der Waals surface area contributed by atoms with Gasteiger partial charge < -0.3 is 43.5 Å². The fraction of sp³-hybridized carbons (Fsp3) is 0.806. The number of aliphatic hydroxyl groups is 2. The molecule has 0 unspecified atom stereocenters. The number of Topliss-reactive ketones (excluding diaryl/α,β-unsaturated/α-hetero) is 1. The van der Waals surface area contributed by atoms with Gasteiger partial charge in [-0.1, -0.05) is 27.7 Å². The maximum Gasteiger partial charge on any atom is 0.419 e. The van der Waals surface area contributed by atoms with Gasteiger partial charge in [0.1, 0.15) is 29.9 Å². The van der Waals surface area contributed by atoms with Crippen molar-refractivity contribution in [2.45, 2.75) is 142 Å². The number of carbonyl (C=O) groups excluding carboxylic acids is 4. The van der Waals surface area contributed by atoms with Gasteiger partial charge >= 0.3 is 18.0 Å². The summed E-state index contributed by atoms with van der Waals surface area (Å²) in [7, 11) is 5.18. The third kappa shape index (κ3) is 9.54. The highest BCUT2D eigenvalue weighted by Gasteiger charge is 2.53. The van der Waals surface area contributed by atoms with Gasteiger partial charge in [0, 0.05) is 44.2 Å². The quantitative estimate of drug-likeness (QED) is 0.309. The van der Waals surface area contributed by atoms with Gasteiger partial charge in [0.05, 0.1) is 35.9 Å². The van der Waals surface area contributed by atoms with Crippen LogP contribution in [0.1, 0.15) is 81.6 Å². The molecule has 51 heavy (non-hydrogen) atoms. The van der Waals surface area contributed by atoms with Crippen LogP contribution in [0.4, 0.5) is 4.79 Å². The van der Waals surface area contributed by atoms with E-state index in [1.54, 1.807) is 27.7 Å². The minimum atomic E-state index is -2.00. The van der Waals surface area contributed by atoms with Gasteiger partial charge in [-0.25, -0.2) is 14.3 Å².